The third-order valence-electron chi connectivity index (χ3n) is 2.80. The fourth-order valence-electron chi connectivity index (χ4n) is 1.49. The van der Waals surface area contributed by atoms with Crippen LogP contribution in [0.4, 0.5) is 13.2 Å². The zero-order valence-corrected chi connectivity index (χ0v) is 7.62. The number of hydrazine groups is 1. The lowest BCUT2D eigenvalue weighted by atomic mass is 9.95. The van der Waals surface area contributed by atoms with Crippen molar-refractivity contribution in [3.8, 4) is 0 Å². The first-order valence-corrected chi connectivity index (χ1v) is 4.40. The van der Waals surface area contributed by atoms with E-state index in [2.05, 4.69) is 5.43 Å². The van der Waals surface area contributed by atoms with E-state index in [4.69, 9.17) is 5.84 Å². The molecule has 1 aliphatic carbocycles. The number of rotatable bonds is 4. The highest BCUT2D eigenvalue weighted by Crippen LogP contribution is 2.49. The van der Waals surface area contributed by atoms with Crippen molar-refractivity contribution in [3.05, 3.63) is 0 Å². The summed E-state index contributed by atoms with van der Waals surface area (Å²) in [6, 6.07) is -0.200. The predicted molar refractivity (Wildman–Crippen MR) is 43.7 cm³/mol. The van der Waals surface area contributed by atoms with Crippen molar-refractivity contribution in [2.45, 2.75) is 44.8 Å². The summed E-state index contributed by atoms with van der Waals surface area (Å²) in [7, 11) is 0. The molecule has 1 unspecified atom stereocenters. The molecule has 3 N–H and O–H groups in total. The maximum Gasteiger partial charge on any atom is 0.389 e. The van der Waals surface area contributed by atoms with Crippen molar-refractivity contribution in [1.82, 2.24) is 5.43 Å². The van der Waals surface area contributed by atoms with E-state index in [-0.39, 0.29) is 17.9 Å². The average Bonchev–Trinajstić information content (AvgIpc) is 2.67. The molecule has 0 aromatic carbocycles. The first-order valence-electron chi connectivity index (χ1n) is 4.40. The molecular weight excluding hydrogens is 181 g/mol. The fourth-order valence-corrected chi connectivity index (χ4v) is 1.49. The van der Waals surface area contributed by atoms with Crippen LogP contribution in [-0.4, -0.2) is 12.2 Å². The van der Waals surface area contributed by atoms with Crippen LogP contribution in [0.15, 0.2) is 0 Å². The van der Waals surface area contributed by atoms with Crippen LogP contribution >= 0.6 is 0 Å². The van der Waals surface area contributed by atoms with Gasteiger partial charge in [-0.2, -0.15) is 13.2 Å². The maximum absolute atomic E-state index is 11.9. The molecule has 0 spiro atoms. The smallest absolute Gasteiger partial charge is 0.271 e. The highest BCUT2D eigenvalue weighted by Gasteiger charge is 2.45. The topological polar surface area (TPSA) is 38.0 Å². The second kappa shape index (κ2) is 3.46. The van der Waals surface area contributed by atoms with Crippen LogP contribution in [0.25, 0.3) is 0 Å². The van der Waals surface area contributed by atoms with E-state index in [1.807, 2.05) is 6.92 Å². The molecule has 1 saturated carbocycles. The second-order valence-electron chi connectivity index (χ2n) is 4.03. The number of alkyl halides is 3. The summed E-state index contributed by atoms with van der Waals surface area (Å²) in [5.41, 5.74) is 2.48. The lowest BCUT2D eigenvalue weighted by Gasteiger charge is -2.22. The number of nitrogens with two attached hydrogens (primary N) is 1. The molecular formula is C8H15F3N2. The van der Waals surface area contributed by atoms with Gasteiger partial charge in [0.1, 0.15) is 0 Å². The Labute approximate surface area is 75.6 Å². The molecule has 13 heavy (non-hydrogen) atoms. The Morgan fingerprint density at radius 1 is 1.46 bits per heavy atom. The zero-order valence-electron chi connectivity index (χ0n) is 7.62. The molecule has 0 amide bonds. The van der Waals surface area contributed by atoms with Crippen molar-refractivity contribution in [1.29, 1.82) is 0 Å². The number of hydrogen-bond acceptors (Lipinski definition) is 2. The van der Waals surface area contributed by atoms with Crippen molar-refractivity contribution in [2.24, 2.45) is 11.3 Å². The maximum atomic E-state index is 11.9. The van der Waals surface area contributed by atoms with Crippen LogP contribution in [-0.2, 0) is 0 Å². The van der Waals surface area contributed by atoms with Gasteiger partial charge in [-0.15, -0.1) is 0 Å². The van der Waals surface area contributed by atoms with Gasteiger partial charge in [0.2, 0.25) is 0 Å². The minimum Gasteiger partial charge on any atom is -0.271 e. The van der Waals surface area contributed by atoms with E-state index in [1.54, 1.807) is 0 Å². The fraction of sp³-hybridized carbons (Fsp3) is 1.00. The van der Waals surface area contributed by atoms with Gasteiger partial charge in [-0.3, -0.25) is 11.3 Å². The minimum absolute atomic E-state index is 0. The monoisotopic (exact) mass is 196 g/mol. The van der Waals surface area contributed by atoms with Gasteiger partial charge < -0.3 is 0 Å². The summed E-state index contributed by atoms with van der Waals surface area (Å²) in [6.45, 7) is 1.97. The Balaban J connectivity index is 2.33. The van der Waals surface area contributed by atoms with Crippen LogP contribution in [0.3, 0.4) is 0 Å². The summed E-state index contributed by atoms with van der Waals surface area (Å²) in [5, 5.41) is 0. The first kappa shape index (κ1) is 10.8. The summed E-state index contributed by atoms with van der Waals surface area (Å²) in [5.74, 6) is 5.21. The molecule has 1 aliphatic rings. The van der Waals surface area contributed by atoms with Crippen molar-refractivity contribution in [2.75, 3.05) is 0 Å². The summed E-state index contributed by atoms with van der Waals surface area (Å²) < 4.78 is 35.7. The van der Waals surface area contributed by atoms with Gasteiger partial charge in [-0.05, 0) is 24.7 Å². The van der Waals surface area contributed by atoms with Crippen LogP contribution in [0.1, 0.15) is 32.6 Å². The Kier molecular flexibility index (Phi) is 2.87. The molecule has 0 saturated heterocycles. The van der Waals surface area contributed by atoms with E-state index >= 15 is 0 Å². The standard InChI is InChI=1S/C8H15F3N2/c1-7(4-5-7)6(13-12)2-3-8(9,10)11/h6,13H,2-5,12H2,1H3. The van der Waals surface area contributed by atoms with Gasteiger partial charge in [0.15, 0.2) is 0 Å². The lowest BCUT2D eigenvalue weighted by Crippen LogP contribution is -2.41. The lowest BCUT2D eigenvalue weighted by molar-refractivity contribution is -0.137. The normalized spacial score (nSPS) is 22.8. The SMILES string of the molecule is CC1(C(CCC(F)(F)F)NN)CC1. The molecule has 1 atom stereocenters. The third kappa shape index (κ3) is 3.15. The summed E-state index contributed by atoms with van der Waals surface area (Å²) in [6.07, 6.45) is -2.80. The Hall–Kier alpha value is -0.290. The molecule has 0 aliphatic heterocycles. The molecule has 1 fully saturated rings. The van der Waals surface area contributed by atoms with E-state index in [0.717, 1.165) is 12.8 Å². The molecule has 0 heterocycles. The Morgan fingerprint density at radius 3 is 2.31 bits per heavy atom. The Bertz CT molecular complexity index is 175. The predicted octanol–water partition coefficient (Wildman–Crippen LogP) is 1.96. The van der Waals surface area contributed by atoms with Crippen LogP contribution in [0, 0.1) is 5.41 Å². The zero-order chi connectivity index (χ0) is 10.1. The van der Waals surface area contributed by atoms with Crippen molar-refractivity contribution < 1.29 is 13.2 Å². The van der Waals surface area contributed by atoms with Crippen molar-refractivity contribution in [3.63, 3.8) is 0 Å². The Morgan fingerprint density at radius 2 is 2.00 bits per heavy atom. The van der Waals surface area contributed by atoms with Gasteiger partial charge in [0.05, 0.1) is 0 Å². The van der Waals surface area contributed by atoms with Gasteiger partial charge in [-0.1, -0.05) is 6.92 Å². The number of nitrogens with one attached hydrogen (secondary N) is 1. The summed E-state index contributed by atoms with van der Waals surface area (Å²) in [4.78, 5) is 0. The van der Waals surface area contributed by atoms with E-state index in [9.17, 15) is 13.2 Å². The quantitative estimate of drug-likeness (QED) is 0.533. The molecule has 0 aromatic rings. The largest absolute Gasteiger partial charge is 0.389 e. The second-order valence-corrected chi connectivity index (χ2v) is 4.03. The molecule has 78 valence electrons. The van der Waals surface area contributed by atoms with Gasteiger partial charge in [0.25, 0.3) is 0 Å². The first-order chi connectivity index (χ1) is 5.87. The molecule has 2 nitrogen and oxygen atoms in total. The summed E-state index contributed by atoms with van der Waals surface area (Å²) >= 11 is 0. The minimum atomic E-state index is -4.07. The van der Waals surface area contributed by atoms with E-state index in [1.165, 1.54) is 0 Å². The van der Waals surface area contributed by atoms with Crippen LogP contribution in [0.5, 0.6) is 0 Å². The number of halogens is 3. The van der Waals surface area contributed by atoms with E-state index < -0.39 is 12.6 Å². The number of hydrogen-bond donors (Lipinski definition) is 2. The van der Waals surface area contributed by atoms with Gasteiger partial charge >= 0.3 is 6.18 Å². The highest BCUT2D eigenvalue weighted by molar-refractivity contribution is 4.97. The van der Waals surface area contributed by atoms with E-state index in [0.29, 0.717) is 0 Å². The van der Waals surface area contributed by atoms with Crippen LogP contribution < -0.4 is 11.3 Å². The van der Waals surface area contributed by atoms with Crippen LogP contribution in [0.2, 0.25) is 0 Å². The van der Waals surface area contributed by atoms with Gasteiger partial charge in [0, 0.05) is 12.5 Å². The molecule has 0 bridgehead atoms. The molecule has 5 heteroatoms. The van der Waals surface area contributed by atoms with Gasteiger partial charge in [-0.25, -0.2) is 0 Å². The average molecular weight is 196 g/mol. The molecule has 0 radical (unpaired) electrons. The molecule has 0 aromatic heterocycles. The molecule has 1 rings (SSSR count). The highest BCUT2D eigenvalue weighted by atomic mass is 19.4. The van der Waals surface area contributed by atoms with Crippen molar-refractivity contribution >= 4 is 0 Å². The third-order valence-corrected chi connectivity index (χ3v) is 2.80.